The number of carbonyl (C=O) groups is 2. The summed E-state index contributed by atoms with van der Waals surface area (Å²) in [5, 5.41) is 4.55. The van der Waals surface area contributed by atoms with Crippen LogP contribution in [0, 0.1) is 0 Å². The molecule has 4 rings (SSSR count). The SMILES string of the molecule is C=C(C)C(=O)OCCCCNc1ccc2c(-c3ccccc3S(=O)(=O)O)c3ccc(=NCCOC(=O)C(=C)C)cc-3oc2c1. The first-order chi connectivity index (χ1) is 21.0. The minimum atomic E-state index is -4.54. The first kappa shape index (κ1) is 32.2. The van der Waals surface area contributed by atoms with E-state index in [1.54, 1.807) is 50.2 Å². The molecule has 0 radical (unpaired) electrons. The molecule has 11 heteroatoms. The topological polar surface area (TPSA) is 144 Å². The van der Waals surface area contributed by atoms with Gasteiger partial charge in [0.1, 0.15) is 22.8 Å². The van der Waals surface area contributed by atoms with Crippen molar-refractivity contribution in [2.75, 3.05) is 31.6 Å². The van der Waals surface area contributed by atoms with Gasteiger partial charge in [-0.25, -0.2) is 9.59 Å². The monoisotopic (exact) mass is 618 g/mol. The van der Waals surface area contributed by atoms with Gasteiger partial charge in [-0.1, -0.05) is 31.4 Å². The third-order valence-corrected chi connectivity index (χ3v) is 7.50. The van der Waals surface area contributed by atoms with Gasteiger partial charge in [0.2, 0.25) is 0 Å². The number of esters is 2. The van der Waals surface area contributed by atoms with Crippen molar-refractivity contribution in [1.29, 1.82) is 0 Å². The lowest BCUT2D eigenvalue weighted by Gasteiger charge is -2.18. The molecule has 10 nitrogen and oxygen atoms in total. The molecule has 0 saturated carbocycles. The summed E-state index contributed by atoms with van der Waals surface area (Å²) >= 11 is 0. The van der Waals surface area contributed by atoms with Crippen LogP contribution in [0.3, 0.4) is 0 Å². The van der Waals surface area contributed by atoms with Gasteiger partial charge in [-0.15, -0.1) is 0 Å². The maximum atomic E-state index is 12.3. The van der Waals surface area contributed by atoms with Crippen LogP contribution in [0.1, 0.15) is 26.7 Å². The Kier molecular flexibility index (Phi) is 10.4. The second-order valence-electron chi connectivity index (χ2n) is 10.2. The molecule has 0 amide bonds. The van der Waals surface area contributed by atoms with Crippen molar-refractivity contribution in [3.63, 3.8) is 0 Å². The van der Waals surface area contributed by atoms with Crippen LogP contribution in [0.5, 0.6) is 0 Å². The molecule has 0 fully saturated rings. The highest BCUT2D eigenvalue weighted by Gasteiger charge is 2.23. The predicted molar refractivity (Wildman–Crippen MR) is 168 cm³/mol. The third-order valence-electron chi connectivity index (χ3n) is 6.59. The summed E-state index contributed by atoms with van der Waals surface area (Å²) < 4.78 is 51.3. The Bertz CT molecular complexity index is 1870. The Morgan fingerprint density at radius 3 is 2.32 bits per heavy atom. The molecule has 0 unspecified atom stereocenters. The van der Waals surface area contributed by atoms with E-state index in [1.807, 2.05) is 18.2 Å². The highest BCUT2D eigenvalue weighted by atomic mass is 32.2. The largest absolute Gasteiger partial charge is 0.462 e. The van der Waals surface area contributed by atoms with Crippen molar-refractivity contribution < 1.29 is 36.5 Å². The molecular formula is C33H34N2O8S. The van der Waals surface area contributed by atoms with E-state index in [9.17, 15) is 22.6 Å². The number of rotatable bonds is 13. The minimum Gasteiger partial charge on any atom is -0.462 e. The van der Waals surface area contributed by atoms with Crippen LogP contribution in [0.2, 0.25) is 0 Å². The van der Waals surface area contributed by atoms with Gasteiger partial charge in [0.05, 0.1) is 18.5 Å². The molecule has 1 aliphatic carbocycles. The molecule has 0 bridgehead atoms. The van der Waals surface area contributed by atoms with Gasteiger partial charge in [-0.2, -0.15) is 8.42 Å². The van der Waals surface area contributed by atoms with Gasteiger partial charge in [0.25, 0.3) is 10.1 Å². The Labute approximate surface area is 255 Å². The summed E-state index contributed by atoms with van der Waals surface area (Å²) in [4.78, 5) is 27.4. The van der Waals surface area contributed by atoms with Gasteiger partial charge in [0.15, 0.2) is 0 Å². The van der Waals surface area contributed by atoms with Crippen LogP contribution in [0.25, 0.3) is 33.4 Å². The molecule has 2 N–H and O–H groups in total. The normalized spacial score (nSPS) is 11.8. The lowest BCUT2D eigenvalue weighted by atomic mass is 9.93. The zero-order chi connectivity index (χ0) is 31.9. The fraction of sp³-hybridized carbons (Fsp3) is 0.242. The highest BCUT2D eigenvalue weighted by Crippen LogP contribution is 2.42. The summed E-state index contributed by atoms with van der Waals surface area (Å²) in [6.07, 6.45) is 1.42. The Morgan fingerprint density at radius 2 is 1.61 bits per heavy atom. The fourth-order valence-corrected chi connectivity index (χ4v) is 5.16. The second-order valence-corrected chi connectivity index (χ2v) is 11.6. The van der Waals surface area contributed by atoms with Gasteiger partial charge < -0.3 is 19.2 Å². The summed E-state index contributed by atoms with van der Waals surface area (Å²) in [6, 6.07) is 17.0. The van der Waals surface area contributed by atoms with Crippen molar-refractivity contribution in [1.82, 2.24) is 0 Å². The molecule has 0 spiro atoms. The van der Waals surface area contributed by atoms with Crippen molar-refractivity contribution in [2.45, 2.75) is 31.6 Å². The van der Waals surface area contributed by atoms with E-state index in [0.29, 0.717) is 69.5 Å². The maximum absolute atomic E-state index is 12.3. The summed E-state index contributed by atoms with van der Waals surface area (Å²) in [5.41, 5.74) is 3.42. The zero-order valence-electron chi connectivity index (χ0n) is 24.6. The average Bonchev–Trinajstić information content (AvgIpc) is 2.98. The summed E-state index contributed by atoms with van der Waals surface area (Å²) in [6.45, 7) is 11.5. The first-order valence-electron chi connectivity index (χ1n) is 13.9. The number of nitrogens with one attached hydrogen (secondary N) is 1. The summed E-state index contributed by atoms with van der Waals surface area (Å²) in [5.74, 6) is -0.456. The quantitative estimate of drug-likeness (QED) is 0.0626. The minimum absolute atomic E-state index is 0.0803. The molecule has 0 saturated heterocycles. The Morgan fingerprint density at radius 1 is 0.909 bits per heavy atom. The fourth-order valence-electron chi connectivity index (χ4n) is 4.46. The molecule has 2 aromatic carbocycles. The molecule has 0 atom stereocenters. The second kappa shape index (κ2) is 14.2. The number of hydrogen-bond acceptors (Lipinski definition) is 9. The third kappa shape index (κ3) is 8.00. The first-order valence-corrected chi connectivity index (χ1v) is 15.4. The average molecular weight is 619 g/mol. The molecule has 2 aliphatic rings. The van der Waals surface area contributed by atoms with E-state index in [0.717, 1.165) is 12.1 Å². The van der Waals surface area contributed by atoms with Gasteiger partial charge in [-0.3, -0.25) is 9.55 Å². The van der Waals surface area contributed by atoms with Gasteiger partial charge in [0, 0.05) is 57.6 Å². The molecule has 0 aromatic heterocycles. The summed E-state index contributed by atoms with van der Waals surface area (Å²) in [7, 11) is -4.54. The maximum Gasteiger partial charge on any atom is 0.333 e. The molecule has 44 heavy (non-hydrogen) atoms. The van der Waals surface area contributed by atoms with E-state index in [4.69, 9.17) is 13.9 Å². The number of hydrogen-bond donors (Lipinski definition) is 2. The number of unbranched alkanes of at least 4 members (excludes halogenated alkanes) is 1. The van der Waals surface area contributed by atoms with Crippen LogP contribution in [0.15, 0.2) is 99.3 Å². The van der Waals surface area contributed by atoms with E-state index < -0.39 is 22.1 Å². The van der Waals surface area contributed by atoms with Gasteiger partial charge >= 0.3 is 11.9 Å². The van der Waals surface area contributed by atoms with Crippen molar-refractivity contribution in [3.8, 4) is 22.5 Å². The van der Waals surface area contributed by atoms with Crippen molar-refractivity contribution in [2.24, 2.45) is 4.99 Å². The van der Waals surface area contributed by atoms with E-state index in [1.165, 1.54) is 6.07 Å². The lowest BCUT2D eigenvalue weighted by Crippen LogP contribution is -2.11. The van der Waals surface area contributed by atoms with E-state index in [2.05, 4.69) is 23.5 Å². The van der Waals surface area contributed by atoms with Crippen LogP contribution in [-0.2, 0) is 29.2 Å². The van der Waals surface area contributed by atoms with E-state index >= 15 is 0 Å². The highest BCUT2D eigenvalue weighted by molar-refractivity contribution is 7.86. The number of anilines is 1. The molecule has 1 heterocycles. The van der Waals surface area contributed by atoms with Crippen LogP contribution < -0.4 is 10.7 Å². The molecule has 230 valence electrons. The van der Waals surface area contributed by atoms with Crippen LogP contribution >= 0.6 is 0 Å². The zero-order valence-corrected chi connectivity index (χ0v) is 25.4. The number of benzene rings is 3. The number of carbonyl (C=O) groups excluding carboxylic acids is 2. The van der Waals surface area contributed by atoms with Gasteiger partial charge in [-0.05, 0) is 57.0 Å². The Hall–Kier alpha value is -4.74. The number of ether oxygens (including phenoxy) is 2. The van der Waals surface area contributed by atoms with Crippen LogP contribution in [-0.4, -0.2) is 51.2 Å². The lowest BCUT2D eigenvalue weighted by molar-refractivity contribution is -0.139. The molecule has 1 aliphatic heterocycles. The standard InChI is InChI=1S/C33H34N2O8S/c1-21(2)32(36)41-17-8-7-15-34-23-11-13-25-28(19-23)43-29-20-24(35-16-18-42-33(37)22(3)4)12-14-26(29)31(25)27-9-5-6-10-30(27)44(38,39)40/h5-6,9-14,19-20,34H,1,3,7-8,15-18H2,2,4H3,(H,38,39,40). The Balaban J connectivity index is 1.69. The van der Waals surface area contributed by atoms with Crippen molar-refractivity contribution >= 4 is 38.7 Å². The van der Waals surface area contributed by atoms with E-state index in [-0.39, 0.29) is 18.0 Å². The number of fused-ring (bicyclic) bond motifs is 2. The molecule has 2 aromatic rings. The molecular weight excluding hydrogens is 584 g/mol. The number of nitrogens with zero attached hydrogens (tertiary/aromatic N) is 1. The smallest absolute Gasteiger partial charge is 0.333 e. The van der Waals surface area contributed by atoms with Crippen LogP contribution in [0.4, 0.5) is 5.69 Å². The predicted octanol–water partition coefficient (Wildman–Crippen LogP) is 5.78. The van der Waals surface area contributed by atoms with Crippen molar-refractivity contribution in [3.05, 3.63) is 90.3 Å².